The van der Waals surface area contributed by atoms with Crippen LogP contribution in [0.1, 0.15) is 23.7 Å². The van der Waals surface area contributed by atoms with Gasteiger partial charge in [0.05, 0.1) is 17.9 Å². The van der Waals surface area contributed by atoms with E-state index >= 15 is 0 Å². The molecule has 1 fully saturated rings. The van der Waals surface area contributed by atoms with Crippen molar-refractivity contribution in [1.82, 2.24) is 0 Å². The highest BCUT2D eigenvalue weighted by molar-refractivity contribution is 7.86. The Labute approximate surface area is 135 Å². The van der Waals surface area contributed by atoms with E-state index in [0.717, 1.165) is 6.26 Å². The largest absolute Gasteiger partial charge is 0.453 e. The zero-order valence-electron chi connectivity index (χ0n) is 13.2. The first-order valence-electron chi connectivity index (χ1n) is 7.12. The van der Waals surface area contributed by atoms with Crippen LogP contribution in [0, 0.1) is 0 Å². The van der Waals surface area contributed by atoms with Crippen LogP contribution >= 0.6 is 0 Å². The predicted octanol–water partition coefficient (Wildman–Crippen LogP) is 1.34. The number of rotatable bonds is 5. The fraction of sp³-hybridized carbons (Fsp3) is 0.533. The van der Waals surface area contributed by atoms with Crippen LogP contribution in [0.25, 0.3) is 0 Å². The number of hydrogen-bond acceptors (Lipinski definition) is 7. The lowest BCUT2D eigenvalue weighted by Gasteiger charge is -2.38. The van der Waals surface area contributed by atoms with E-state index < -0.39 is 40.7 Å². The summed E-state index contributed by atoms with van der Waals surface area (Å²) < 4.78 is 43.8. The van der Waals surface area contributed by atoms with E-state index in [1.807, 2.05) is 0 Å². The van der Waals surface area contributed by atoms with E-state index in [1.165, 1.54) is 7.11 Å². The molecule has 1 heterocycles. The van der Waals surface area contributed by atoms with Crippen LogP contribution in [-0.4, -0.2) is 52.4 Å². The molecule has 0 spiro atoms. The summed E-state index contributed by atoms with van der Waals surface area (Å²) in [6.45, 7) is 1.68. The Bertz CT molecular complexity index is 628. The summed E-state index contributed by atoms with van der Waals surface area (Å²) in [5.41, 5.74) is 0.390. The molecule has 4 atom stereocenters. The first-order chi connectivity index (χ1) is 10.8. The van der Waals surface area contributed by atoms with Crippen molar-refractivity contribution >= 4 is 16.1 Å². The third-order valence-electron chi connectivity index (χ3n) is 3.44. The highest BCUT2D eigenvalue weighted by Crippen LogP contribution is 2.27. The molecule has 0 aromatic heterocycles. The summed E-state index contributed by atoms with van der Waals surface area (Å²) in [5, 5.41) is 0. The summed E-state index contributed by atoms with van der Waals surface area (Å²) in [6, 6.07) is 8.48. The quantitative estimate of drug-likeness (QED) is 0.588. The van der Waals surface area contributed by atoms with Crippen molar-refractivity contribution in [2.45, 2.75) is 37.9 Å². The highest BCUT2D eigenvalue weighted by Gasteiger charge is 2.40. The Hall–Kier alpha value is -1.48. The molecule has 23 heavy (non-hydrogen) atoms. The van der Waals surface area contributed by atoms with E-state index in [2.05, 4.69) is 0 Å². The molecule has 2 rings (SSSR count). The van der Waals surface area contributed by atoms with Crippen LogP contribution in [0.2, 0.25) is 0 Å². The number of hydrogen-bond donors (Lipinski definition) is 0. The first-order valence-corrected chi connectivity index (χ1v) is 8.94. The minimum Gasteiger partial charge on any atom is -0.453 e. The maximum atomic E-state index is 12.2. The average molecular weight is 344 g/mol. The summed E-state index contributed by atoms with van der Waals surface area (Å²) in [5.74, 6) is -0.533. The van der Waals surface area contributed by atoms with E-state index in [4.69, 9.17) is 18.4 Å². The third-order valence-corrected chi connectivity index (χ3v) is 4.04. The van der Waals surface area contributed by atoms with Gasteiger partial charge in [-0.05, 0) is 19.1 Å². The van der Waals surface area contributed by atoms with Gasteiger partial charge in [-0.25, -0.2) is 4.79 Å². The number of carbonyl (C=O) groups excluding carboxylic acids is 1. The molecular weight excluding hydrogens is 324 g/mol. The molecule has 1 aromatic rings. The van der Waals surface area contributed by atoms with Gasteiger partial charge >= 0.3 is 5.97 Å². The molecule has 0 unspecified atom stereocenters. The Morgan fingerprint density at radius 3 is 2.43 bits per heavy atom. The monoisotopic (exact) mass is 344 g/mol. The van der Waals surface area contributed by atoms with Gasteiger partial charge in [0.15, 0.2) is 12.4 Å². The molecule has 0 bridgehead atoms. The number of ether oxygens (including phenoxy) is 3. The van der Waals surface area contributed by atoms with Crippen molar-refractivity contribution in [3.8, 4) is 0 Å². The molecule has 0 radical (unpaired) electrons. The minimum atomic E-state index is -3.65. The van der Waals surface area contributed by atoms with Crippen LogP contribution in [0.4, 0.5) is 0 Å². The molecular formula is C15H20O7S. The molecule has 0 amide bonds. The summed E-state index contributed by atoms with van der Waals surface area (Å²) >= 11 is 0. The molecule has 0 N–H and O–H groups in total. The fourth-order valence-electron chi connectivity index (χ4n) is 2.35. The third kappa shape index (κ3) is 5.00. The van der Waals surface area contributed by atoms with Gasteiger partial charge in [-0.1, -0.05) is 18.2 Å². The minimum absolute atomic E-state index is 0.158. The van der Waals surface area contributed by atoms with Gasteiger partial charge in [-0.3, -0.25) is 4.18 Å². The van der Waals surface area contributed by atoms with Crippen LogP contribution in [-0.2, 0) is 28.5 Å². The fourth-order valence-corrected chi connectivity index (χ4v) is 3.04. The van der Waals surface area contributed by atoms with Gasteiger partial charge in [0.25, 0.3) is 10.1 Å². The predicted molar refractivity (Wildman–Crippen MR) is 81.3 cm³/mol. The lowest BCUT2D eigenvalue weighted by atomic mass is 10.0. The molecule has 1 saturated heterocycles. The van der Waals surface area contributed by atoms with Crippen molar-refractivity contribution in [3.63, 3.8) is 0 Å². The normalized spacial score (nSPS) is 28.3. The van der Waals surface area contributed by atoms with Crippen LogP contribution < -0.4 is 0 Å². The zero-order chi connectivity index (χ0) is 17.0. The lowest BCUT2D eigenvalue weighted by Crippen LogP contribution is -2.50. The standard InChI is InChI=1S/C15H20O7S/c1-10-12(22-23(3,17)18)9-13(15(19-2)20-10)21-14(16)11-7-5-4-6-8-11/h4-8,10,12-13,15H,9H2,1-3H3/t10-,12+,13-,15+/m1/s1. The second-order valence-electron chi connectivity index (χ2n) is 5.33. The van der Waals surface area contributed by atoms with E-state index in [9.17, 15) is 13.2 Å². The van der Waals surface area contributed by atoms with Crippen LogP contribution in [0.5, 0.6) is 0 Å². The average Bonchev–Trinajstić information content (AvgIpc) is 2.49. The SMILES string of the molecule is CO[C@H]1O[C@H](C)[C@@H](OS(C)(=O)=O)C[C@H]1OC(=O)c1ccccc1. The van der Waals surface area contributed by atoms with Crippen molar-refractivity contribution in [2.75, 3.05) is 13.4 Å². The van der Waals surface area contributed by atoms with Crippen LogP contribution in [0.15, 0.2) is 30.3 Å². The molecule has 128 valence electrons. The Morgan fingerprint density at radius 2 is 1.87 bits per heavy atom. The molecule has 1 aliphatic rings. The Balaban J connectivity index is 2.09. The molecule has 8 heteroatoms. The van der Waals surface area contributed by atoms with Gasteiger partial charge < -0.3 is 14.2 Å². The van der Waals surface area contributed by atoms with E-state index in [1.54, 1.807) is 37.3 Å². The summed E-state index contributed by atoms with van der Waals surface area (Å²) in [4.78, 5) is 12.2. The summed E-state index contributed by atoms with van der Waals surface area (Å²) in [7, 11) is -2.22. The highest BCUT2D eigenvalue weighted by atomic mass is 32.2. The van der Waals surface area contributed by atoms with Gasteiger partial charge in [0.2, 0.25) is 0 Å². The number of esters is 1. The topological polar surface area (TPSA) is 88.1 Å². The van der Waals surface area contributed by atoms with Crippen molar-refractivity contribution in [2.24, 2.45) is 0 Å². The van der Waals surface area contributed by atoms with E-state index in [0.29, 0.717) is 5.56 Å². The second kappa shape index (κ2) is 7.39. The van der Waals surface area contributed by atoms with Crippen molar-refractivity contribution in [1.29, 1.82) is 0 Å². The Kier molecular flexibility index (Phi) is 5.74. The number of benzene rings is 1. The van der Waals surface area contributed by atoms with Gasteiger partial charge in [0.1, 0.15) is 6.10 Å². The van der Waals surface area contributed by atoms with Gasteiger partial charge in [0, 0.05) is 13.5 Å². The maximum Gasteiger partial charge on any atom is 0.338 e. The summed E-state index contributed by atoms with van der Waals surface area (Å²) in [6.07, 6.45) is -1.68. The number of methoxy groups -OCH3 is 1. The number of carbonyl (C=O) groups is 1. The molecule has 1 aromatic carbocycles. The zero-order valence-corrected chi connectivity index (χ0v) is 14.0. The molecule has 0 aliphatic carbocycles. The lowest BCUT2D eigenvalue weighted by molar-refractivity contribution is -0.247. The maximum absolute atomic E-state index is 12.2. The molecule has 0 saturated carbocycles. The molecule has 7 nitrogen and oxygen atoms in total. The second-order valence-corrected chi connectivity index (χ2v) is 6.93. The van der Waals surface area contributed by atoms with Crippen molar-refractivity contribution < 1.29 is 31.6 Å². The first kappa shape index (κ1) is 17.9. The van der Waals surface area contributed by atoms with Gasteiger partial charge in [-0.15, -0.1) is 0 Å². The van der Waals surface area contributed by atoms with Crippen LogP contribution in [0.3, 0.4) is 0 Å². The van der Waals surface area contributed by atoms with Gasteiger partial charge in [-0.2, -0.15) is 8.42 Å². The Morgan fingerprint density at radius 1 is 1.22 bits per heavy atom. The smallest absolute Gasteiger partial charge is 0.338 e. The van der Waals surface area contributed by atoms with E-state index in [-0.39, 0.29) is 6.42 Å². The van der Waals surface area contributed by atoms with Crippen molar-refractivity contribution in [3.05, 3.63) is 35.9 Å². The molecule has 1 aliphatic heterocycles.